The van der Waals surface area contributed by atoms with Crippen molar-refractivity contribution in [3.05, 3.63) is 45.7 Å². The third kappa shape index (κ3) is 3.76. The smallest absolute Gasteiger partial charge is 0.392 e. The Morgan fingerprint density at radius 3 is 2.62 bits per heavy atom. The van der Waals surface area contributed by atoms with E-state index in [2.05, 4.69) is 9.97 Å². The van der Waals surface area contributed by atoms with Crippen molar-refractivity contribution in [1.29, 1.82) is 0 Å². The molecule has 0 amide bonds. The molecular formula is C12H10F3N3O2S. The number of aliphatic hydroxyl groups is 1. The van der Waals surface area contributed by atoms with E-state index in [1.165, 1.54) is 12.1 Å². The lowest BCUT2D eigenvalue weighted by Gasteiger charge is -2.13. The molecule has 112 valence electrons. The first-order chi connectivity index (χ1) is 9.79. The molecule has 0 saturated heterocycles. The van der Waals surface area contributed by atoms with Gasteiger partial charge in [-0.25, -0.2) is 4.98 Å². The largest absolute Gasteiger partial charge is 0.417 e. The Morgan fingerprint density at radius 1 is 1.33 bits per heavy atom. The Bertz CT molecular complexity index is 716. The molecule has 0 fully saturated rings. The van der Waals surface area contributed by atoms with Gasteiger partial charge in [0.15, 0.2) is 5.16 Å². The summed E-state index contributed by atoms with van der Waals surface area (Å²) in [6.45, 7) is -0.499. The van der Waals surface area contributed by atoms with E-state index in [1.807, 2.05) is 0 Å². The second kappa shape index (κ2) is 5.78. The molecule has 2 rings (SSSR count). The first kappa shape index (κ1) is 15.4. The van der Waals surface area contributed by atoms with Crippen LogP contribution in [-0.2, 0) is 12.8 Å². The Balaban J connectivity index is 2.46. The van der Waals surface area contributed by atoms with Crippen LogP contribution in [0, 0.1) is 0 Å². The predicted octanol–water partition coefficient (Wildman–Crippen LogP) is 2.01. The first-order valence-corrected chi connectivity index (χ1v) is 6.47. The summed E-state index contributed by atoms with van der Waals surface area (Å²) in [5.41, 5.74) is 4.06. The molecule has 0 unspecified atom stereocenters. The van der Waals surface area contributed by atoms with E-state index in [0.717, 1.165) is 12.1 Å². The van der Waals surface area contributed by atoms with Crippen molar-refractivity contribution in [3.8, 4) is 0 Å². The highest BCUT2D eigenvalue weighted by molar-refractivity contribution is 7.99. The number of nitrogens with zero attached hydrogens (tertiary/aromatic N) is 1. The van der Waals surface area contributed by atoms with Gasteiger partial charge in [-0.1, -0.05) is 17.8 Å². The normalized spacial score (nSPS) is 11.6. The minimum atomic E-state index is -4.59. The van der Waals surface area contributed by atoms with Gasteiger partial charge < -0.3 is 15.8 Å². The lowest BCUT2D eigenvalue weighted by Crippen LogP contribution is -2.11. The van der Waals surface area contributed by atoms with Crippen molar-refractivity contribution in [2.24, 2.45) is 0 Å². The summed E-state index contributed by atoms with van der Waals surface area (Å²) >= 11 is 0.640. The van der Waals surface area contributed by atoms with Gasteiger partial charge in [0.1, 0.15) is 5.82 Å². The number of alkyl halides is 3. The Kier molecular flexibility index (Phi) is 4.24. The molecule has 1 aromatic heterocycles. The minimum absolute atomic E-state index is 0.0396. The van der Waals surface area contributed by atoms with Gasteiger partial charge >= 0.3 is 6.18 Å². The molecule has 21 heavy (non-hydrogen) atoms. The lowest BCUT2D eigenvalue weighted by molar-refractivity contribution is -0.139. The average Bonchev–Trinajstić information content (AvgIpc) is 2.36. The molecule has 0 saturated carbocycles. The molecule has 2 aromatic rings. The Labute approximate surface area is 121 Å². The summed E-state index contributed by atoms with van der Waals surface area (Å²) in [7, 11) is 0. The van der Waals surface area contributed by atoms with Gasteiger partial charge in [0.2, 0.25) is 0 Å². The van der Waals surface area contributed by atoms with E-state index in [-0.39, 0.29) is 21.4 Å². The van der Waals surface area contributed by atoms with Crippen LogP contribution < -0.4 is 11.3 Å². The summed E-state index contributed by atoms with van der Waals surface area (Å²) in [6, 6.07) is 4.46. The van der Waals surface area contributed by atoms with Crippen LogP contribution >= 0.6 is 11.8 Å². The second-order valence-corrected chi connectivity index (χ2v) is 5.09. The third-order valence-electron chi connectivity index (χ3n) is 2.48. The molecule has 9 heteroatoms. The number of anilines is 1. The van der Waals surface area contributed by atoms with Gasteiger partial charge in [-0.15, -0.1) is 0 Å². The van der Waals surface area contributed by atoms with Crippen LogP contribution in [0.4, 0.5) is 19.0 Å². The topological polar surface area (TPSA) is 92.0 Å². The fraction of sp³-hybridized carbons (Fsp3) is 0.167. The zero-order valence-corrected chi connectivity index (χ0v) is 11.3. The third-order valence-corrected chi connectivity index (χ3v) is 3.44. The number of halogens is 3. The van der Waals surface area contributed by atoms with Crippen LogP contribution in [0.1, 0.15) is 11.1 Å². The van der Waals surface area contributed by atoms with Gasteiger partial charge in [0, 0.05) is 11.0 Å². The highest BCUT2D eigenvalue weighted by Crippen LogP contribution is 2.39. The molecule has 0 atom stereocenters. The standard InChI is InChI=1S/C12H10F3N3O2S/c13-12(14,15)7-3-6(5-19)1-2-8(7)21-11-17-9(16)4-10(20)18-11/h1-4,19H,5H2,(H3,16,17,18,20). The van der Waals surface area contributed by atoms with Gasteiger partial charge in [0.25, 0.3) is 5.56 Å². The van der Waals surface area contributed by atoms with E-state index in [9.17, 15) is 18.0 Å². The van der Waals surface area contributed by atoms with E-state index in [4.69, 9.17) is 10.8 Å². The first-order valence-electron chi connectivity index (χ1n) is 5.65. The predicted molar refractivity (Wildman–Crippen MR) is 70.8 cm³/mol. The van der Waals surface area contributed by atoms with Gasteiger partial charge in [-0.2, -0.15) is 13.2 Å². The number of nitrogen functional groups attached to an aromatic ring is 1. The number of hydrogen-bond donors (Lipinski definition) is 3. The van der Waals surface area contributed by atoms with Crippen molar-refractivity contribution < 1.29 is 18.3 Å². The van der Waals surface area contributed by atoms with Crippen molar-refractivity contribution in [3.63, 3.8) is 0 Å². The molecule has 1 heterocycles. The van der Waals surface area contributed by atoms with Crippen molar-refractivity contribution in [2.45, 2.75) is 22.8 Å². The molecule has 0 radical (unpaired) electrons. The Morgan fingerprint density at radius 2 is 2.05 bits per heavy atom. The molecule has 1 aromatic carbocycles. The zero-order valence-electron chi connectivity index (χ0n) is 10.4. The van der Waals surface area contributed by atoms with E-state index >= 15 is 0 Å². The number of aromatic amines is 1. The summed E-state index contributed by atoms with van der Waals surface area (Å²) in [5, 5.41) is 8.89. The number of H-pyrrole nitrogens is 1. The molecule has 5 nitrogen and oxygen atoms in total. The number of nitrogens with two attached hydrogens (primary N) is 1. The maximum Gasteiger partial charge on any atom is 0.417 e. The van der Waals surface area contributed by atoms with Crippen molar-refractivity contribution in [1.82, 2.24) is 9.97 Å². The summed E-state index contributed by atoms with van der Waals surface area (Å²) in [6.07, 6.45) is -4.59. The second-order valence-electron chi connectivity index (χ2n) is 4.06. The number of rotatable bonds is 3. The molecule has 0 spiro atoms. The van der Waals surface area contributed by atoms with Gasteiger partial charge in [-0.3, -0.25) is 4.79 Å². The number of aliphatic hydroxyl groups excluding tert-OH is 1. The van der Waals surface area contributed by atoms with Crippen molar-refractivity contribution >= 4 is 17.6 Å². The average molecular weight is 317 g/mol. The van der Waals surface area contributed by atoms with Crippen LogP contribution in [0.5, 0.6) is 0 Å². The van der Waals surface area contributed by atoms with Crippen LogP contribution in [0.15, 0.2) is 39.1 Å². The zero-order chi connectivity index (χ0) is 15.6. The maximum absolute atomic E-state index is 13.0. The molecule has 4 N–H and O–H groups in total. The van der Waals surface area contributed by atoms with E-state index in [1.54, 1.807) is 0 Å². The monoisotopic (exact) mass is 317 g/mol. The fourth-order valence-corrected chi connectivity index (χ4v) is 2.52. The summed E-state index contributed by atoms with van der Waals surface area (Å²) in [5.74, 6) is -0.0817. The minimum Gasteiger partial charge on any atom is -0.392 e. The fourth-order valence-electron chi connectivity index (χ4n) is 1.59. The van der Waals surface area contributed by atoms with Gasteiger partial charge in [0.05, 0.1) is 12.2 Å². The quantitative estimate of drug-likeness (QED) is 0.753. The van der Waals surface area contributed by atoms with Crippen LogP contribution in [0.2, 0.25) is 0 Å². The molecule has 0 aliphatic heterocycles. The molecule has 0 bridgehead atoms. The molecule has 0 aliphatic carbocycles. The molecular weight excluding hydrogens is 307 g/mol. The Hall–Kier alpha value is -2.00. The van der Waals surface area contributed by atoms with Gasteiger partial charge in [-0.05, 0) is 17.7 Å². The maximum atomic E-state index is 13.0. The lowest BCUT2D eigenvalue weighted by atomic mass is 10.1. The number of nitrogens with one attached hydrogen (secondary N) is 1. The van der Waals surface area contributed by atoms with Crippen LogP contribution in [0.3, 0.4) is 0 Å². The van der Waals surface area contributed by atoms with Crippen molar-refractivity contribution in [2.75, 3.05) is 5.73 Å². The summed E-state index contributed by atoms with van der Waals surface area (Å²) in [4.78, 5) is 17.2. The van der Waals surface area contributed by atoms with Crippen LogP contribution in [0.25, 0.3) is 0 Å². The van der Waals surface area contributed by atoms with E-state index in [0.29, 0.717) is 11.8 Å². The van der Waals surface area contributed by atoms with Crippen LogP contribution in [-0.4, -0.2) is 15.1 Å². The highest BCUT2D eigenvalue weighted by Gasteiger charge is 2.34. The SMILES string of the molecule is Nc1cc(=O)[nH]c(Sc2ccc(CO)cc2C(F)(F)F)n1. The molecule has 0 aliphatic rings. The number of aromatic nitrogens is 2. The highest BCUT2D eigenvalue weighted by atomic mass is 32.2. The number of benzene rings is 1. The van der Waals surface area contributed by atoms with E-state index < -0.39 is 23.9 Å². The summed E-state index contributed by atoms with van der Waals surface area (Å²) < 4.78 is 39.0. The number of hydrogen-bond acceptors (Lipinski definition) is 5.